The van der Waals surface area contributed by atoms with Crippen LogP contribution in [0.3, 0.4) is 0 Å². The van der Waals surface area contributed by atoms with E-state index in [0.717, 1.165) is 22.9 Å². The first-order valence-electron chi connectivity index (χ1n) is 8.50. The fraction of sp³-hybridized carbons (Fsp3) is 0.316. The summed E-state index contributed by atoms with van der Waals surface area (Å²) in [4.78, 5) is 37.5. The van der Waals surface area contributed by atoms with Gasteiger partial charge in [-0.2, -0.15) is 0 Å². The lowest BCUT2D eigenvalue weighted by molar-refractivity contribution is -0.140. The molecule has 0 unspecified atom stereocenters. The number of aryl methyl sites for hydroxylation is 3. The normalized spacial score (nSPS) is 13.9. The molecule has 0 saturated carbocycles. The van der Waals surface area contributed by atoms with Crippen LogP contribution in [0, 0.1) is 6.92 Å². The fourth-order valence-electron chi connectivity index (χ4n) is 3.93. The van der Waals surface area contributed by atoms with Gasteiger partial charge in [-0.3, -0.25) is 19.5 Å². The number of benzene rings is 1. The number of H-pyrrole nitrogens is 2. The summed E-state index contributed by atoms with van der Waals surface area (Å²) < 4.78 is 6.55. The highest BCUT2D eigenvalue weighted by atomic mass is 16.5. The number of carbonyl (C=O) groups excluding carboxylic acids is 1. The molecule has 0 bridgehead atoms. The van der Waals surface area contributed by atoms with Crippen LogP contribution in [0.4, 0.5) is 0 Å². The Morgan fingerprint density at radius 1 is 1.31 bits per heavy atom. The van der Waals surface area contributed by atoms with Crippen molar-refractivity contribution in [2.24, 2.45) is 0 Å². The van der Waals surface area contributed by atoms with E-state index in [9.17, 15) is 14.4 Å². The second-order valence-electron chi connectivity index (χ2n) is 6.61. The van der Waals surface area contributed by atoms with Gasteiger partial charge in [-0.15, -0.1) is 0 Å². The van der Waals surface area contributed by atoms with Crippen LogP contribution < -0.4 is 11.1 Å². The molecule has 0 saturated heterocycles. The predicted octanol–water partition coefficient (Wildman–Crippen LogP) is 1.58. The van der Waals surface area contributed by atoms with Crippen LogP contribution in [0.25, 0.3) is 10.9 Å². The Balaban J connectivity index is 1.98. The maximum Gasteiger partial charge on any atom is 0.306 e. The molecule has 0 spiro atoms. The molecule has 26 heavy (non-hydrogen) atoms. The van der Waals surface area contributed by atoms with Crippen molar-refractivity contribution in [1.29, 1.82) is 0 Å². The zero-order valence-corrected chi connectivity index (χ0v) is 14.6. The molecule has 1 atom stereocenters. The first kappa shape index (κ1) is 16.4. The summed E-state index contributed by atoms with van der Waals surface area (Å²) in [6.45, 7) is 2.35. The van der Waals surface area contributed by atoms with Gasteiger partial charge >= 0.3 is 5.97 Å². The molecule has 0 aliphatic carbocycles. The molecular weight excluding hydrogens is 334 g/mol. The molecule has 7 heteroatoms. The summed E-state index contributed by atoms with van der Waals surface area (Å²) in [6, 6.07) is 7.75. The van der Waals surface area contributed by atoms with Crippen LogP contribution in [-0.2, 0) is 22.5 Å². The van der Waals surface area contributed by atoms with Gasteiger partial charge in [-0.25, -0.2) is 0 Å². The molecule has 1 aliphatic heterocycles. The maximum absolute atomic E-state index is 13.2. The Labute approximate surface area is 148 Å². The Morgan fingerprint density at radius 2 is 2.12 bits per heavy atom. The molecular formula is C19H19N3O4. The number of ether oxygens (including phenoxy) is 1. The number of rotatable bonds is 4. The van der Waals surface area contributed by atoms with Gasteiger partial charge < -0.3 is 14.4 Å². The average molecular weight is 353 g/mol. The second-order valence-corrected chi connectivity index (χ2v) is 6.61. The van der Waals surface area contributed by atoms with E-state index in [-0.39, 0.29) is 17.5 Å². The number of pyridine rings is 1. The number of methoxy groups -OCH3 is 1. The van der Waals surface area contributed by atoms with Gasteiger partial charge in [0.1, 0.15) is 0 Å². The van der Waals surface area contributed by atoms with Crippen molar-refractivity contribution < 1.29 is 9.53 Å². The average Bonchev–Trinajstić information content (AvgIpc) is 3.21. The van der Waals surface area contributed by atoms with Gasteiger partial charge in [-0.1, -0.05) is 18.2 Å². The zero-order valence-electron chi connectivity index (χ0n) is 14.6. The lowest BCUT2D eigenvalue weighted by Gasteiger charge is -2.17. The van der Waals surface area contributed by atoms with E-state index in [4.69, 9.17) is 4.74 Å². The number of hydrogen-bond donors (Lipinski definition) is 2. The van der Waals surface area contributed by atoms with Gasteiger partial charge in [0.2, 0.25) is 0 Å². The molecule has 134 valence electrons. The highest BCUT2D eigenvalue weighted by Crippen LogP contribution is 2.30. The Morgan fingerprint density at radius 3 is 2.81 bits per heavy atom. The summed E-state index contributed by atoms with van der Waals surface area (Å²) in [6.07, 6.45) is 0.736. The van der Waals surface area contributed by atoms with E-state index in [1.807, 2.05) is 24.3 Å². The summed E-state index contributed by atoms with van der Waals surface area (Å²) in [5.74, 6) is -1.13. The smallest absolute Gasteiger partial charge is 0.306 e. The molecule has 0 radical (unpaired) electrons. The van der Waals surface area contributed by atoms with E-state index in [2.05, 4.69) is 10.2 Å². The largest absolute Gasteiger partial charge is 0.469 e. The zero-order chi connectivity index (χ0) is 18.4. The quantitative estimate of drug-likeness (QED) is 0.696. The van der Waals surface area contributed by atoms with Crippen molar-refractivity contribution in [2.75, 3.05) is 7.11 Å². The Hall–Kier alpha value is -3.09. The van der Waals surface area contributed by atoms with Gasteiger partial charge in [0, 0.05) is 29.3 Å². The number of nitrogens with zero attached hydrogens (tertiary/aromatic N) is 1. The molecule has 7 nitrogen and oxygen atoms in total. The summed E-state index contributed by atoms with van der Waals surface area (Å²) >= 11 is 0. The lowest BCUT2D eigenvalue weighted by atomic mass is 9.88. The molecule has 3 heterocycles. The molecule has 0 fully saturated rings. The van der Waals surface area contributed by atoms with E-state index in [0.29, 0.717) is 23.4 Å². The van der Waals surface area contributed by atoms with Crippen molar-refractivity contribution >= 4 is 16.9 Å². The van der Waals surface area contributed by atoms with Crippen LogP contribution in [0.2, 0.25) is 0 Å². The maximum atomic E-state index is 13.2. The number of hydrogen-bond acceptors (Lipinski definition) is 4. The first-order chi connectivity index (χ1) is 12.5. The van der Waals surface area contributed by atoms with Crippen LogP contribution >= 0.6 is 0 Å². The molecule has 2 N–H and O–H groups in total. The third-order valence-electron chi connectivity index (χ3n) is 5.16. The minimum Gasteiger partial charge on any atom is -0.469 e. The third-order valence-corrected chi connectivity index (χ3v) is 5.16. The van der Waals surface area contributed by atoms with Gasteiger partial charge in [0.25, 0.3) is 11.1 Å². The van der Waals surface area contributed by atoms with E-state index in [1.165, 1.54) is 7.11 Å². The Kier molecular flexibility index (Phi) is 3.79. The van der Waals surface area contributed by atoms with Crippen LogP contribution in [0.15, 0.2) is 33.9 Å². The molecule has 1 aliphatic rings. The third kappa shape index (κ3) is 2.39. The van der Waals surface area contributed by atoms with Crippen molar-refractivity contribution in [3.8, 4) is 0 Å². The van der Waals surface area contributed by atoms with E-state index < -0.39 is 11.9 Å². The van der Waals surface area contributed by atoms with Crippen molar-refractivity contribution in [2.45, 2.75) is 32.2 Å². The van der Waals surface area contributed by atoms with E-state index >= 15 is 0 Å². The number of aromatic nitrogens is 3. The van der Waals surface area contributed by atoms with Crippen LogP contribution in [0.1, 0.15) is 34.7 Å². The van der Waals surface area contributed by atoms with Gasteiger partial charge in [0.15, 0.2) is 0 Å². The summed E-state index contributed by atoms with van der Waals surface area (Å²) in [7, 11) is 1.30. The monoisotopic (exact) mass is 353 g/mol. The number of aromatic amines is 2. The lowest BCUT2D eigenvalue weighted by Crippen LogP contribution is -2.28. The molecule has 0 amide bonds. The van der Waals surface area contributed by atoms with Crippen molar-refractivity contribution in [1.82, 2.24) is 14.8 Å². The highest BCUT2D eigenvalue weighted by molar-refractivity contribution is 5.84. The summed E-state index contributed by atoms with van der Waals surface area (Å²) in [5, 5.41) is 6.25. The number of nitrogens with one attached hydrogen (secondary N) is 2. The Bertz CT molecular complexity index is 1140. The number of carbonyl (C=O) groups is 1. The van der Waals surface area contributed by atoms with Crippen LogP contribution in [-0.4, -0.2) is 27.8 Å². The minimum absolute atomic E-state index is 0.0707. The molecule has 2 aromatic heterocycles. The van der Waals surface area contributed by atoms with E-state index in [1.54, 1.807) is 11.5 Å². The number of para-hydroxylation sites is 1. The SMILES string of the molecule is COC(=O)C[C@H](c1c(C)[nH][nH]c1=O)c1cc2cccc3c2n(c1=O)CC3. The second kappa shape index (κ2) is 6.01. The molecule has 3 aromatic rings. The first-order valence-corrected chi connectivity index (χ1v) is 8.50. The van der Waals surface area contributed by atoms with Gasteiger partial charge in [-0.05, 0) is 30.4 Å². The van der Waals surface area contributed by atoms with Gasteiger partial charge in [0.05, 0.1) is 19.0 Å². The number of esters is 1. The predicted molar refractivity (Wildman–Crippen MR) is 96.5 cm³/mol. The van der Waals surface area contributed by atoms with Crippen LogP contribution in [0.5, 0.6) is 0 Å². The standard InChI is InChI=1S/C19H19N3O4/c1-10-16(18(24)21-20-10)13(9-15(23)26-2)14-8-12-5-3-4-11-6-7-22(17(11)12)19(14)25/h3-5,8,13H,6-7,9H2,1-2H3,(H2,20,21,24)/t13-/m0/s1. The molecule has 4 rings (SSSR count). The highest BCUT2D eigenvalue weighted by Gasteiger charge is 2.29. The van der Waals surface area contributed by atoms with Crippen molar-refractivity contribution in [3.63, 3.8) is 0 Å². The summed E-state index contributed by atoms with van der Waals surface area (Å²) in [5.41, 5.74) is 3.05. The van der Waals surface area contributed by atoms with Crippen molar-refractivity contribution in [3.05, 3.63) is 67.4 Å². The minimum atomic E-state index is -0.664. The topological polar surface area (TPSA) is 96.9 Å². The fourth-order valence-corrected chi connectivity index (χ4v) is 3.93. The molecule has 1 aromatic carbocycles.